The van der Waals surface area contributed by atoms with Crippen LogP contribution in [0, 0.1) is 11.8 Å². The van der Waals surface area contributed by atoms with Gasteiger partial charge in [-0.25, -0.2) is 0 Å². The van der Waals surface area contributed by atoms with Crippen molar-refractivity contribution in [2.45, 2.75) is 0 Å². The number of rotatable bonds is 3. The average molecular weight is 300 g/mol. The zero-order valence-corrected chi connectivity index (χ0v) is 11.7. The molecule has 2 amide bonds. The van der Waals surface area contributed by atoms with Crippen LogP contribution in [0.1, 0.15) is 25.6 Å². The van der Waals surface area contributed by atoms with Gasteiger partial charge in [-0.2, -0.15) is 0 Å². The van der Waals surface area contributed by atoms with E-state index in [-0.39, 0.29) is 12.5 Å². The Morgan fingerprint density at radius 3 is 2.57 bits per heavy atom. The topological polar surface area (TPSA) is 92.4 Å². The molecule has 0 saturated heterocycles. The number of nitrogens with one attached hydrogen (secondary N) is 1. The summed E-state index contributed by atoms with van der Waals surface area (Å²) in [6.45, 7) is -0.258. The highest BCUT2D eigenvalue weighted by Gasteiger charge is 2.12. The van der Waals surface area contributed by atoms with E-state index >= 15 is 0 Å². The van der Waals surface area contributed by atoms with Crippen molar-refractivity contribution in [1.29, 1.82) is 0 Å². The van der Waals surface area contributed by atoms with E-state index in [1.54, 1.807) is 35.7 Å². The van der Waals surface area contributed by atoms with Crippen LogP contribution in [-0.4, -0.2) is 23.5 Å². The van der Waals surface area contributed by atoms with Crippen molar-refractivity contribution in [3.8, 4) is 11.8 Å². The molecule has 0 unspecified atom stereocenters. The van der Waals surface area contributed by atoms with Crippen LogP contribution in [0.2, 0.25) is 0 Å². The Morgan fingerprint density at radius 1 is 1.24 bits per heavy atom. The molecular weight excluding hydrogens is 288 g/mol. The summed E-state index contributed by atoms with van der Waals surface area (Å²) in [6, 6.07) is 8.01. The molecule has 6 heteroatoms. The molecule has 2 rings (SSSR count). The van der Waals surface area contributed by atoms with Gasteiger partial charge in [-0.05, 0) is 35.7 Å². The third-order valence-corrected chi connectivity index (χ3v) is 3.51. The second kappa shape index (κ2) is 6.70. The SMILES string of the molecule is NC(=O)c1ccc(NC(=O)c2sccc2C#CCO)cc1. The molecule has 0 atom stereocenters. The van der Waals surface area contributed by atoms with Crippen LogP contribution < -0.4 is 11.1 Å². The molecule has 21 heavy (non-hydrogen) atoms. The van der Waals surface area contributed by atoms with Crippen LogP contribution in [0.5, 0.6) is 0 Å². The average Bonchev–Trinajstić information content (AvgIpc) is 2.94. The van der Waals surface area contributed by atoms with E-state index in [1.807, 2.05) is 0 Å². The van der Waals surface area contributed by atoms with Gasteiger partial charge in [0, 0.05) is 16.8 Å². The molecule has 0 aliphatic rings. The number of primary amides is 1. The summed E-state index contributed by atoms with van der Waals surface area (Å²) in [6.07, 6.45) is 0. The Kier molecular flexibility index (Phi) is 4.72. The quantitative estimate of drug-likeness (QED) is 0.749. The van der Waals surface area contributed by atoms with E-state index in [9.17, 15) is 9.59 Å². The molecule has 0 aliphatic heterocycles. The van der Waals surface area contributed by atoms with Crippen molar-refractivity contribution >= 4 is 28.8 Å². The highest BCUT2D eigenvalue weighted by molar-refractivity contribution is 7.12. The van der Waals surface area contributed by atoms with Crippen molar-refractivity contribution in [1.82, 2.24) is 0 Å². The zero-order valence-electron chi connectivity index (χ0n) is 10.9. The van der Waals surface area contributed by atoms with Crippen LogP contribution in [0.25, 0.3) is 0 Å². The predicted octanol–water partition coefficient (Wildman–Crippen LogP) is 1.44. The van der Waals surface area contributed by atoms with Gasteiger partial charge in [-0.15, -0.1) is 11.3 Å². The van der Waals surface area contributed by atoms with Gasteiger partial charge in [0.15, 0.2) is 0 Å². The van der Waals surface area contributed by atoms with Crippen LogP contribution in [0.3, 0.4) is 0 Å². The molecule has 0 fully saturated rings. The van der Waals surface area contributed by atoms with Crippen LogP contribution >= 0.6 is 11.3 Å². The molecule has 0 saturated carbocycles. The number of hydrogen-bond acceptors (Lipinski definition) is 4. The highest BCUT2D eigenvalue weighted by Crippen LogP contribution is 2.18. The third kappa shape index (κ3) is 3.69. The number of carbonyl (C=O) groups excluding carboxylic acids is 2. The van der Waals surface area contributed by atoms with E-state index in [4.69, 9.17) is 10.8 Å². The molecule has 0 bridgehead atoms. The molecule has 0 spiro atoms. The van der Waals surface area contributed by atoms with Gasteiger partial charge >= 0.3 is 0 Å². The van der Waals surface area contributed by atoms with Crippen molar-refractivity contribution in [3.63, 3.8) is 0 Å². The molecule has 4 N–H and O–H groups in total. The maximum Gasteiger partial charge on any atom is 0.267 e. The molecule has 5 nitrogen and oxygen atoms in total. The first-order valence-corrected chi connectivity index (χ1v) is 6.88. The van der Waals surface area contributed by atoms with Crippen LogP contribution in [-0.2, 0) is 0 Å². The van der Waals surface area contributed by atoms with Gasteiger partial charge in [0.25, 0.3) is 5.91 Å². The number of amides is 2. The van der Waals surface area contributed by atoms with Gasteiger partial charge < -0.3 is 16.2 Å². The van der Waals surface area contributed by atoms with Crippen molar-refractivity contribution in [2.75, 3.05) is 11.9 Å². The normalized spacial score (nSPS) is 9.57. The number of carbonyl (C=O) groups is 2. The number of hydrogen-bond donors (Lipinski definition) is 3. The van der Waals surface area contributed by atoms with Crippen molar-refractivity contribution in [2.24, 2.45) is 5.73 Å². The summed E-state index contributed by atoms with van der Waals surface area (Å²) in [5.41, 5.74) is 6.65. The molecule has 0 radical (unpaired) electrons. The standard InChI is InChI=1S/C15H12N2O3S/c16-14(19)11-3-5-12(6-4-11)17-15(20)13-10(2-1-8-18)7-9-21-13/h3-7,9,18H,8H2,(H2,16,19)(H,17,20). The predicted molar refractivity (Wildman–Crippen MR) is 81.2 cm³/mol. The first-order chi connectivity index (χ1) is 10.1. The third-order valence-electron chi connectivity index (χ3n) is 2.60. The van der Waals surface area contributed by atoms with Gasteiger partial charge in [0.05, 0.1) is 0 Å². The minimum atomic E-state index is -0.521. The Labute approximate surface area is 125 Å². The summed E-state index contributed by atoms with van der Waals surface area (Å²) in [7, 11) is 0. The molecular formula is C15H12N2O3S. The number of nitrogens with two attached hydrogens (primary N) is 1. The van der Waals surface area contributed by atoms with E-state index in [0.717, 1.165) is 0 Å². The van der Waals surface area contributed by atoms with E-state index in [0.29, 0.717) is 21.7 Å². The highest BCUT2D eigenvalue weighted by atomic mass is 32.1. The van der Waals surface area contributed by atoms with Crippen molar-refractivity contribution in [3.05, 3.63) is 51.7 Å². The number of benzene rings is 1. The summed E-state index contributed by atoms with van der Waals surface area (Å²) < 4.78 is 0. The molecule has 1 aromatic heterocycles. The van der Waals surface area contributed by atoms with E-state index in [1.165, 1.54) is 11.3 Å². The summed E-state index contributed by atoms with van der Waals surface area (Å²) in [5.74, 6) is 4.42. The lowest BCUT2D eigenvalue weighted by atomic mass is 10.2. The summed E-state index contributed by atoms with van der Waals surface area (Å²) in [5, 5.41) is 13.2. The lowest BCUT2D eigenvalue weighted by Gasteiger charge is -2.04. The monoisotopic (exact) mass is 300 g/mol. The number of anilines is 1. The molecule has 1 heterocycles. The fraction of sp³-hybridized carbons (Fsp3) is 0.0667. The number of thiophene rings is 1. The zero-order chi connectivity index (χ0) is 15.2. The maximum absolute atomic E-state index is 12.2. The van der Waals surface area contributed by atoms with Gasteiger partial charge in [-0.3, -0.25) is 9.59 Å². The smallest absolute Gasteiger partial charge is 0.267 e. The molecule has 106 valence electrons. The van der Waals surface area contributed by atoms with Crippen molar-refractivity contribution < 1.29 is 14.7 Å². The van der Waals surface area contributed by atoms with Crippen LogP contribution in [0.15, 0.2) is 35.7 Å². The first-order valence-electron chi connectivity index (χ1n) is 6.00. The van der Waals surface area contributed by atoms with Gasteiger partial charge in [0.2, 0.25) is 5.91 Å². The fourth-order valence-electron chi connectivity index (χ4n) is 1.62. The maximum atomic E-state index is 12.2. The molecule has 1 aromatic carbocycles. The lowest BCUT2D eigenvalue weighted by Crippen LogP contribution is -2.13. The second-order valence-electron chi connectivity index (χ2n) is 4.02. The van der Waals surface area contributed by atoms with E-state index < -0.39 is 5.91 Å². The van der Waals surface area contributed by atoms with Crippen LogP contribution in [0.4, 0.5) is 5.69 Å². The molecule has 0 aliphatic carbocycles. The number of aliphatic hydroxyl groups excluding tert-OH is 1. The minimum Gasteiger partial charge on any atom is -0.384 e. The first kappa shape index (κ1) is 14.8. The number of aliphatic hydroxyl groups is 1. The minimum absolute atomic E-state index is 0.258. The second-order valence-corrected chi connectivity index (χ2v) is 4.94. The molecule has 2 aromatic rings. The Bertz CT molecular complexity index is 723. The Hall–Kier alpha value is -2.62. The van der Waals surface area contributed by atoms with Gasteiger partial charge in [-0.1, -0.05) is 11.8 Å². The lowest BCUT2D eigenvalue weighted by molar-refractivity contribution is 0.0998. The summed E-state index contributed by atoms with van der Waals surface area (Å²) in [4.78, 5) is 23.6. The largest absolute Gasteiger partial charge is 0.384 e. The summed E-state index contributed by atoms with van der Waals surface area (Å²) >= 11 is 1.27. The fourth-order valence-corrected chi connectivity index (χ4v) is 2.37. The van der Waals surface area contributed by atoms with E-state index in [2.05, 4.69) is 17.2 Å². The van der Waals surface area contributed by atoms with Gasteiger partial charge in [0.1, 0.15) is 11.5 Å². The Balaban J connectivity index is 2.14. The Morgan fingerprint density at radius 2 is 1.95 bits per heavy atom.